The Kier molecular flexibility index (Phi) is 7.30. The molecule has 2 N–H and O–H groups in total. The highest BCUT2D eigenvalue weighted by Gasteiger charge is 2.26. The third-order valence-electron chi connectivity index (χ3n) is 4.57. The summed E-state index contributed by atoms with van der Waals surface area (Å²) in [4.78, 5) is 26.7. The summed E-state index contributed by atoms with van der Waals surface area (Å²) in [6, 6.07) is 8.49. The number of nitrogens with one attached hydrogen (secondary N) is 2. The molecule has 0 radical (unpaired) electrons. The van der Waals surface area contributed by atoms with Gasteiger partial charge in [-0.3, -0.25) is 14.5 Å². The molecule has 0 aliphatic carbocycles. The average molecular weight is 437 g/mol. The minimum absolute atomic E-state index is 0.168. The van der Waals surface area contributed by atoms with Crippen molar-refractivity contribution in [1.82, 2.24) is 10.3 Å². The molecule has 2 amide bonds. The molecule has 1 aliphatic heterocycles. The molecular weight excluding hydrogens is 415 g/mol. The van der Waals surface area contributed by atoms with Gasteiger partial charge >= 0.3 is 0 Å². The molecule has 154 valence electrons. The monoisotopic (exact) mass is 436 g/mol. The van der Waals surface area contributed by atoms with Crippen LogP contribution >= 0.6 is 23.2 Å². The van der Waals surface area contributed by atoms with Gasteiger partial charge in [-0.15, -0.1) is 0 Å². The van der Waals surface area contributed by atoms with Crippen LogP contribution in [0.2, 0.25) is 10.0 Å². The van der Waals surface area contributed by atoms with Crippen molar-refractivity contribution in [2.75, 3.05) is 25.0 Å². The second-order valence-corrected chi connectivity index (χ2v) is 7.77. The summed E-state index contributed by atoms with van der Waals surface area (Å²) in [6.45, 7) is 3.23. The van der Waals surface area contributed by atoms with Crippen molar-refractivity contribution in [2.24, 2.45) is 11.0 Å². The van der Waals surface area contributed by atoms with E-state index < -0.39 is 0 Å². The Morgan fingerprint density at radius 1 is 1.31 bits per heavy atom. The fraction of sp³-hybridized carbons (Fsp3) is 0.350. The van der Waals surface area contributed by atoms with Gasteiger partial charge in [0.1, 0.15) is 11.5 Å². The molecule has 2 aromatic rings. The van der Waals surface area contributed by atoms with E-state index in [9.17, 15) is 9.59 Å². The third-order valence-corrected chi connectivity index (χ3v) is 5.14. The first kappa shape index (κ1) is 21.4. The topological polar surface area (TPSA) is 86.9 Å². The van der Waals surface area contributed by atoms with E-state index in [1.165, 1.54) is 6.21 Å². The highest BCUT2D eigenvalue weighted by Crippen LogP contribution is 2.25. The predicted octanol–water partition coefficient (Wildman–Crippen LogP) is 3.70. The SMILES string of the molecule is Cc1ccc(/C=N\NC(=O)[C@@H]2CCCN(CC(=O)Nc3cc(Cl)ccc3Cl)C2)o1. The Labute approximate surface area is 179 Å². The lowest BCUT2D eigenvalue weighted by molar-refractivity contribution is -0.127. The smallest absolute Gasteiger partial charge is 0.244 e. The quantitative estimate of drug-likeness (QED) is 0.533. The molecule has 1 atom stereocenters. The molecule has 1 aliphatic rings. The van der Waals surface area contributed by atoms with Gasteiger partial charge in [-0.25, -0.2) is 5.43 Å². The number of rotatable bonds is 6. The number of anilines is 1. The summed E-state index contributed by atoms with van der Waals surface area (Å²) >= 11 is 12.0. The van der Waals surface area contributed by atoms with Gasteiger partial charge < -0.3 is 9.73 Å². The van der Waals surface area contributed by atoms with Gasteiger partial charge in [-0.2, -0.15) is 5.10 Å². The minimum atomic E-state index is -0.234. The predicted molar refractivity (Wildman–Crippen MR) is 113 cm³/mol. The molecule has 1 fully saturated rings. The van der Waals surface area contributed by atoms with E-state index >= 15 is 0 Å². The molecule has 29 heavy (non-hydrogen) atoms. The number of carbonyl (C=O) groups excluding carboxylic acids is 2. The summed E-state index contributed by atoms with van der Waals surface area (Å²) in [5.74, 6) is 0.734. The van der Waals surface area contributed by atoms with Gasteiger partial charge in [-0.05, 0) is 56.6 Å². The maximum atomic E-state index is 12.4. The Morgan fingerprint density at radius 3 is 2.90 bits per heavy atom. The van der Waals surface area contributed by atoms with E-state index in [4.69, 9.17) is 27.6 Å². The first-order chi connectivity index (χ1) is 13.9. The number of carbonyl (C=O) groups is 2. The van der Waals surface area contributed by atoms with E-state index in [2.05, 4.69) is 15.8 Å². The van der Waals surface area contributed by atoms with Gasteiger partial charge in [0, 0.05) is 11.6 Å². The molecule has 9 heteroatoms. The number of likely N-dealkylation sites (tertiary alicyclic amines) is 1. The molecule has 0 bridgehead atoms. The molecule has 0 spiro atoms. The van der Waals surface area contributed by atoms with Crippen molar-refractivity contribution < 1.29 is 14.0 Å². The summed E-state index contributed by atoms with van der Waals surface area (Å²) < 4.78 is 5.37. The number of amides is 2. The molecule has 7 nitrogen and oxygen atoms in total. The van der Waals surface area contributed by atoms with Crippen molar-refractivity contribution in [2.45, 2.75) is 19.8 Å². The lowest BCUT2D eigenvalue weighted by Gasteiger charge is -2.31. The first-order valence-electron chi connectivity index (χ1n) is 9.27. The van der Waals surface area contributed by atoms with Crippen LogP contribution in [0.1, 0.15) is 24.4 Å². The van der Waals surface area contributed by atoms with Crippen molar-refractivity contribution in [3.8, 4) is 0 Å². The van der Waals surface area contributed by atoms with Gasteiger partial charge in [0.25, 0.3) is 0 Å². The highest BCUT2D eigenvalue weighted by molar-refractivity contribution is 6.35. The number of hydrogen-bond donors (Lipinski definition) is 2. The van der Waals surface area contributed by atoms with Gasteiger partial charge in [0.15, 0.2) is 0 Å². The van der Waals surface area contributed by atoms with E-state index in [0.717, 1.165) is 25.1 Å². The zero-order chi connectivity index (χ0) is 20.8. The maximum absolute atomic E-state index is 12.4. The number of furan rings is 1. The fourth-order valence-electron chi connectivity index (χ4n) is 3.17. The zero-order valence-corrected chi connectivity index (χ0v) is 17.5. The lowest BCUT2D eigenvalue weighted by atomic mass is 9.97. The summed E-state index contributed by atoms with van der Waals surface area (Å²) in [7, 11) is 0. The third kappa shape index (κ3) is 6.32. The summed E-state index contributed by atoms with van der Waals surface area (Å²) in [5, 5.41) is 7.62. The van der Waals surface area contributed by atoms with Crippen LogP contribution in [0.3, 0.4) is 0 Å². The van der Waals surface area contributed by atoms with E-state index in [0.29, 0.717) is 28.0 Å². The van der Waals surface area contributed by atoms with Crippen LogP contribution in [-0.4, -0.2) is 42.6 Å². The molecule has 1 aromatic heterocycles. The maximum Gasteiger partial charge on any atom is 0.244 e. The second kappa shape index (κ2) is 9.91. The number of halogens is 2. The van der Waals surface area contributed by atoms with Crippen molar-refractivity contribution >= 4 is 46.9 Å². The Hall–Kier alpha value is -2.35. The standard InChI is InChI=1S/C20H22Cl2N4O3/c1-13-4-6-16(29-13)10-23-25-20(28)14-3-2-8-26(11-14)12-19(27)24-18-9-15(21)5-7-17(18)22/h4-7,9-10,14H,2-3,8,11-12H2,1H3,(H,24,27)(H,25,28)/b23-10-/t14-/m1/s1. The Bertz CT molecular complexity index is 913. The first-order valence-corrected chi connectivity index (χ1v) is 10.0. The largest absolute Gasteiger partial charge is 0.460 e. The Balaban J connectivity index is 1.49. The van der Waals surface area contributed by atoms with Crippen LogP contribution < -0.4 is 10.7 Å². The normalized spacial score (nSPS) is 17.4. The molecule has 1 saturated heterocycles. The molecule has 2 heterocycles. The van der Waals surface area contributed by atoms with Gasteiger partial charge in [0.05, 0.1) is 29.4 Å². The molecule has 0 saturated carbocycles. The fourth-order valence-corrected chi connectivity index (χ4v) is 3.51. The molecule has 1 aromatic carbocycles. The average Bonchev–Trinajstić information content (AvgIpc) is 3.10. The zero-order valence-electron chi connectivity index (χ0n) is 16.0. The number of piperidine rings is 1. The number of hydrazone groups is 1. The Morgan fingerprint density at radius 2 is 2.14 bits per heavy atom. The summed E-state index contributed by atoms with van der Waals surface area (Å²) in [5.41, 5.74) is 3.02. The molecule has 3 rings (SSSR count). The van der Waals surface area contributed by atoms with E-state index in [-0.39, 0.29) is 24.3 Å². The molecule has 0 unspecified atom stereocenters. The number of benzene rings is 1. The van der Waals surface area contributed by atoms with Gasteiger partial charge in [0.2, 0.25) is 11.8 Å². The van der Waals surface area contributed by atoms with Crippen molar-refractivity contribution in [3.63, 3.8) is 0 Å². The van der Waals surface area contributed by atoms with Crippen LogP contribution in [0.5, 0.6) is 0 Å². The second-order valence-electron chi connectivity index (χ2n) is 6.93. The van der Waals surface area contributed by atoms with Gasteiger partial charge in [-0.1, -0.05) is 23.2 Å². The van der Waals surface area contributed by atoms with E-state index in [1.54, 1.807) is 24.3 Å². The van der Waals surface area contributed by atoms with Crippen LogP contribution in [-0.2, 0) is 9.59 Å². The van der Waals surface area contributed by atoms with Crippen LogP contribution in [0.4, 0.5) is 5.69 Å². The van der Waals surface area contributed by atoms with Crippen LogP contribution in [0.25, 0.3) is 0 Å². The van der Waals surface area contributed by atoms with Crippen molar-refractivity contribution in [1.29, 1.82) is 0 Å². The van der Waals surface area contributed by atoms with Crippen molar-refractivity contribution in [3.05, 3.63) is 51.9 Å². The number of nitrogens with zero attached hydrogens (tertiary/aromatic N) is 2. The molecular formula is C20H22Cl2N4O3. The lowest BCUT2D eigenvalue weighted by Crippen LogP contribution is -2.44. The number of aryl methyl sites for hydroxylation is 1. The highest BCUT2D eigenvalue weighted by atomic mass is 35.5. The minimum Gasteiger partial charge on any atom is -0.460 e. The van der Waals surface area contributed by atoms with E-state index in [1.807, 2.05) is 17.9 Å². The number of hydrogen-bond acceptors (Lipinski definition) is 5. The van der Waals surface area contributed by atoms with Crippen LogP contribution in [0, 0.1) is 12.8 Å². The van der Waals surface area contributed by atoms with Crippen LogP contribution in [0.15, 0.2) is 39.9 Å². The summed E-state index contributed by atoms with van der Waals surface area (Å²) in [6.07, 6.45) is 3.04.